The van der Waals surface area contributed by atoms with Gasteiger partial charge in [0.1, 0.15) is 11.8 Å². The topological polar surface area (TPSA) is 57.6 Å². The summed E-state index contributed by atoms with van der Waals surface area (Å²) in [4.78, 5) is 8.58. The van der Waals surface area contributed by atoms with E-state index in [1.165, 1.54) is 11.1 Å². The maximum atomic E-state index is 13.3. The molecule has 164 valence electrons. The van der Waals surface area contributed by atoms with E-state index in [1.54, 1.807) is 7.05 Å². The van der Waals surface area contributed by atoms with Crippen LogP contribution in [0.5, 0.6) is 0 Å². The van der Waals surface area contributed by atoms with E-state index in [4.69, 9.17) is 4.84 Å². The van der Waals surface area contributed by atoms with Crippen LogP contribution in [0, 0.1) is 0 Å². The van der Waals surface area contributed by atoms with Crippen molar-refractivity contribution in [3.8, 4) is 0 Å². The summed E-state index contributed by atoms with van der Waals surface area (Å²) < 4.78 is 79.7. The fraction of sp³-hybridized carbons (Fsp3) is 0.421. The van der Waals surface area contributed by atoms with Crippen molar-refractivity contribution < 1.29 is 36.3 Å². The molecule has 3 rings (SSSR count). The first-order valence-corrected chi connectivity index (χ1v) is 8.96. The van der Waals surface area contributed by atoms with Gasteiger partial charge >= 0.3 is 12.4 Å². The number of benzene rings is 1. The molecule has 1 aromatic carbocycles. The number of pyridine rings is 1. The third kappa shape index (κ3) is 4.68. The Kier molecular flexibility index (Phi) is 5.99. The molecule has 0 saturated carbocycles. The van der Waals surface area contributed by atoms with E-state index in [-0.39, 0.29) is 30.1 Å². The first-order valence-electron chi connectivity index (χ1n) is 8.96. The van der Waals surface area contributed by atoms with Crippen LogP contribution in [0.4, 0.5) is 26.3 Å². The van der Waals surface area contributed by atoms with Gasteiger partial charge in [0.05, 0.1) is 22.9 Å². The predicted octanol–water partition coefficient (Wildman–Crippen LogP) is 4.04. The summed E-state index contributed by atoms with van der Waals surface area (Å²) in [5, 5.41) is 14.7. The normalized spacial score (nSPS) is 18.8. The minimum absolute atomic E-state index is 0.143. The summed E-state index contributed by atoms with van der Waals surface area (Å²) in [6.07, 6.45) is -9.69. The average molecular weight is 435 g/mol. The van der Waals surface area contributed by atoms with Crippen molar-refractivity contribution in [3.63, 3.8) is 0 Å². The zero-order valence-electron chi connectivity index (χ0n) is 16.0. The molecule has 0 amide bonds. The number of halogens is 6. The minimum atomic E-state index is -4.97. The number of hydroxylamine groups is 2. The summed E-state index contributed by atoms with van der Waals surface area (Å²) in [7, 11) is 1.68. The number of aromatic nitrogens is 1. The molecule has 2 unspecified atom stereocenters. The smallest absolute Gasteiger partial charge is 0.387 e. The summed E-state index contributed by atoms with van der Waals surface area (Å²) in [6.45, 7) is 1.88. The first kappa shape index (κ1) is 22.3. The third-order valence-corrected chi connectivity index (χ3v) is 4.63. The van der Waals surface area contributed by atoms with Gasteiger partial charge in [0, 0.05) is 25.5 Å². The summed E-state index contributed by atoms with van der Waals surface area (Å²) in [5.74, 6) is 0. The van der Waals surface area contributed by atoms with Crippen LogP contribution in [-0.4, -0.2) is 41.4 Å². The van der Waals surface area contributed by atoms with Crippen molar-refractivity contribution >= 4 is 10.9 Å². The second kappa shape index (κ2) is 8.05. The highest BCUT2D eigenvalue weighted by atomic mass is 19.4. The van der Waals surface area contributed by atoms with Gasteiger partial charge in [-0.2, -0.15) is 26.3 Å². The van der Waals surface area contributed by atoms with E-state index in [0.717, 1.165) is 11.8 Å². The molecule has 0 fully saturated rings. The first-order chi connectivity index (χ1) is 13.9. The summed E-state index contributed by atoms with van der Waals surface area (Å²) in [6, 6.07) is 3.52. The Morgan fingerprint density at radius 2 is 1.90 bits per heavy atom. The van der Waals surface area contributed by atoms with Crippen LogP contribution >= 0.6 is 0 Å². The van der Waals surface area contributed by atoms with E-state index < -0.39 is 35.2 Å². The van der Waals surface area contributed by atoms with Crippen LogP contribution in [0.15, 0.2) is 36.0 Å². The van der Waals surface area contributed by atoms with Crippen LogP contribution < -0.4 is 5.32 Å². The van der Waals surface area contributed by atoms with Crippen molar-refractivity contribution in [2.75, 3.05) is 20.1 Å². The van der Waals surface area contributed by atoms with Gasteiger partial charge in [-0.05, 0) is 30.7 Å². The molecule has 0 radical (unpaired) electrons. The van der Waals surface area contributed by atoms with Crippen molar-refractivity contribution in [3.05, 3.63) is 52.9 Å². The Bertz CT molecular complexity index is 958. The van der Waals surface area contributed by atoms with Gasteiger partial charge in [-0.25, -0.2) is 4.98 Å². The van der Waals surface area contributed by atoms with Crippen LogP contribution in [0.1, 0.15) is 29.8 Å². The lowest BCUT2D eigenvalue weighted by Crippen LogP contribution is -2.28. The highest BCUT2D eigenvalue weighted by Crippen LogP contribution is 2.38. The predicted molar refractivity (Wildman–Crippen MR) is 96.0 cm³/mol. The number of alkyl halides is 6. The van der Waals surface area contributed by atoms with Gasteiger partial charge in [-0.15, -0.1) is 0 Å². The fourth-order valence-electron chi connectivity index (χ4n) is 3.26. The molecule has 0 saturated heterocycles. The number of hydrogen-bond acceptors (Lipinski definition) is 5. The molecule has 2 heterocycles. The van der Waals surface area contributed by atoms with Gasteiger partial charge in [-0.1, -0.05) is 12.1 Å². The zero-order chi connectivity index (χ0) is 22.3. The Balaban J connectivity index is 1.94. The van der Waals surface area contributed by atoms with E-state index in [0.29, 0.717) is 12.1 Å². The molecule has 2 aromatic rings. The number of hydrogen-bond donors (Lipinski definition) is 2. The number of aliphatic hydroxyl groups is 1. The Morgan fingerprint density at radius 3 is 2.47 bits per heavy atom. The maximum Gasteiger partial charge on any atom is 0.433 e. The monoisotopic (exact) mass is 435 g/mol. The summed E-state index contributed by atoms with van der Waals surface area (Å²) in [5.41, 5.74) is -3.18. The molecular formula is C19H19F6N3O2. The Morgan fingerprint density at radius 1 is 1.20 bits per heavy atom. The van der Waals surface area contributed by atoms with Gasteiger partial charge in [0.15, 0.2) is 0 Å². The lowest BCUT2D eigenvalue weighted by molar-refractivity contribution is -0.142. The van der Waals surface area contributed by atoms with Crippen LogP contribution in [-0.2, 0) is 17.2 Å². The number of aliphatic hydroxyl groups excluding tert-OH is 1. The SMILES string of the molecule is CC1C=C(CNCC(O)c2cc(C(F)(F)F)nc3c(C(F)(F)F)cccc23)N(C)O1. The molecule has 1 aromatic heterocycles. The maximum absolute atomic E-state index is 13.3. The molecular weight excluding hydrogens is 416 g/mol. The highest BCUT2D eigenvalue weighted by Gasteiger charge is 2.38. The van der Waals surface area contributed by atoms with Gasteiger partial charge < -0.3 is 10.4 Å². The Labute approximate surface area is 167 Å². The fourth-order valence-corrected chi connectivity index (χ4v) is 3.26. The molecule has 0 aliphatic carbocycles. The molecule has 2 N–H and O–H groups in total. The van der Waals surface area contributed by atoms with Crippen molar-refractivity contribution in [2.24, 2.45) is 0 Å². The number of nitrogens with zero attached hydrogens (tertiary/aromatic N) is 2. The number of rotatable bonds is 5. The van der Waals surface area contributed by atoms with Crippen LogP contribution in [0.3, 0.4) is 0 Å². The Hall–Kier alpha value is -2.37. The summed E-state index contributed by atoms with van der Waals surface area (Å²) >= 11 is 0. The standard InChI is InChI=1S/C19H19F6N3O2/c1-10-6-11(28(2)30-10)8-26-9-15(29)13-7-16(19(23,24)25)27-17-12(13)4-3-5-14(17)18(20,21)22/h3-7,10,15,26,29H,8-9H2,1-2H3. The number of para-hydroxylation sites is 1. The lowest BCUT2D eigenvalue weighted by atomic mass is 9.99. The molecule has 11 heteroatoms. The van der Waals surface area contributed by atoms with Crippen molar-refractivity contribution in [1.29, 1.82) is 0 Å². The lowest BCUT2D eigenvalue weighted by Gasteiger charge is -2.20. The highest BCUT2D eigenvalue weighted by molar-refractivity contribution is 5.86. The second-order valence-corrected chi connectivity index (χ2v) is 6.91. The quantitative estimate of drug-likeness (QED) is 0.695. The molecule has 30 heavy (non-hydrogen) atoms. The second-order valence-electron chi connectivity index (χ2n) is 6.91. The van der Waals surface area contributed by atoms with Gasteiger partial charge in [-0.3, -0.25) is 9.90 Å². The van der Waals surface area contributed by atoms with E-state index >= 15 is 0 Å². The number of fused-ring (bicyclic) bond motifs is 1. The van der Waals surface area contributed by atoms with E-state index in [2.05, 4.69) is 10.3 Å². The largest absolute Gasteiger partial charge is 0.433 e. The van der Waals surface area contributed by atoms with Gasteiger partial charge in [0.2, 0.25) is 0 Å². The van der Waals surface area contributed by atoms with Gasteiger partial charge in [0.25, 0.3) is 0 Å². The molecule has 1 aliphatic rings. The minimum Gasteiger partial charge on any atom is -0.387 e. The van der Waals surface area contributed by atoms with Crippen molar-refractivity contribution in [1.82, 2.24) is 15.4 Å². The molecule has 1 aliphatic heterocycles. The van der Waals surface area contributed by atoms with Crippen molar-refractivity contribution in [2.45, 2.75) is 31.5 Å². The zero-order valence-corrected chi connectivity index (χ0v) is 16.0. The molecule has 0 bridgehead atoms. The van der Waals surface area contributed by atoms with Crippen LogP contribution in [0.2, 0.25) is 0 Å². The van der Waals surface area contributed by atoms with E-state index in [9.17, 15) is 31.4 Å². The number of nitrogens with one attached hydrogen (secondary N) is 1. The third-order valence-electron chi connectivity index (χ3n) is 4.63. The molecule has 2 atom stereocenters. The molecule has 0 spiro atoms. The molecule has 5 nitrogen and oxygen atoms in total. The average Bonchev–Trinajstić information content (AvgIpc) is 2.95. The van der Waals surface area contributed by atoms with Crippen LogP contribution in [0.25, 0.3) is 10.9 Å². The number of likely N-dealkylation sites (N-methyl/N-ethyl adjacent to an activating group) is 1. The van der Waals surface area contributed by atoms with E-state index in [1.807, 2.05) is 13.0 Å².